The van der Waals surface area contributed by atoms with E-state index in [1.165, 1.54) is 6.07 Å². The van der Waals surface area contributed by atoms with Crippen LogP contribution in [0.4, 0.5) is 4.39 Å². The zero-order chi connectivity index (χ0) is 13.1. The van der Waals surface area contributed by atoms with Gasteiger partial charge in [0.15, 0.2) is 11.6 Å². The molecule has 0 saturated carbocycles. The Morgan fingerprint density at radius 3 is 2.61 bits per heavy atom. The van der Waals surface area contributed by atoms with Gasteiger partial charge in [0, 0.05) is 15.4 Å². The quantitative estimate of drug-likeness (QED) is 0.637. The van der Waals surface area contributed by atoms with Crippen molar-refractivity contribution in [3.05, 3.63) is 57.8 Å². The van der Waals surface area contributed by atoms with Crippen molar-refractivity contribution < 1.29 is 9.13 Å². The summed E-state index contributed by atoms with van der Waals surface area (Å²) in [6.45, 7) is 1.90. The molecule has 0 spiro atoms. The number of ether oxygens (including phenoxy) is 1. The van der Waals surface area contributed by atoms with E-state index in [9.17, 15) is 4.39 Å². The number of aryl methyl sites for hydroxylation is 1. The van der Waals surface area contributed by atoms with E-state index in [0.29, 0.717) is 11.1 Å². The maximum absolute atomic E-state index is 13.6. The van der Waals surface area contributed by atoms with Crippen molar-refractivity contribution >= 4 is 31.9 Å². The molecule has 18 heavy (non-hydrogen) atoms. The van der Waals surface area contributed by atoms with Crippen LogP contribution in [0.15, 0.2) is 40.9 Å². The van der Waals surface area contributed by atoms with Gasteiger partial charge in [0.25, 0.3) is 0 Å². The first-order valence-corrected chi connectivity index (χ1v) is 7.30. The van der Waals surface area contributed by atoms with Gasteiger partial charge >= 0.3 is 0 Å². The summed E-state index contributed by atoms with van der Waals surface area (Å²) in [6, 6.07) is 10.5. The molecule has 0 atom stereocenters. The number of alkyl halides is 1. The van der Waals surface area contributed by atoms with Crippen molar-refractivity contribution in [2.45, 2.75) is 12.3 Å². The van der Waals surface area contributed by atoms with Crippen LogP contribution < -0.4 is 4.74 Å². The molecule has 0 heterocycles. The van der Waals surface area contributed by atoms with Crippen LogP contribution in [0.2, 0.25) is 0 Å². The van der Waals surface area contributed by atoms with Gasteiger partial charge in [-0.25, -0.2) is 4.39 Å². The van der Waals surface area contributed by atoms with Gasteiger partial charge in [-0.15, -0.1) is 0 Å². The fourth-order valence-electron chi connectivity index (χ4n) is 1.56. The Morgan fingerprint density at radius 2 is 1.89 bits per heavy atom. The van der Waals surface area contributed by atoms with E-state index >= 15 is 0 Å². The second-order valence-electron chi connectivity index (χ2n) is 3.92. The number of benzene rings is 2. The maximum atomic E-state index is 13.6. The first-order valence-electron chi connectivity index (χ1n) is 5.38. The van der Waals surface area contributed by atoms with Gasteiger partial charge in [-0.3, -0.25) is 0 Å². The predicted octanol–water partition coefficient (Wildman–Crippen LogP) is 5.58. The lowest BCUT2D eigenvalue weighted by atomic mass is 10.2. The minimum atomic E-state index is -0.357. The smallest absolute Gasteiger partial charge is 0.165 e. The molecule has 0 N–H and O–H groups in total. The van der Waals surface area contributed by atoms with Gasteiger partial charge in [-0.2, -0.15) is 0 Å². The van der Waals surface area contributed by atoms with Crippen LogP contribution in [0.5, 0.6) is 11.5 Å². The fraction of sp³-hybridized carbons (Fsp3) is 0.143. The highest BCUT2D eigenvalue weighted by molar-refractivity contribution is 9.10. The van der Waals surface area contributed by atoms with Crippen LogP contribution in [-0.4, -0.2) is 0 Å². The van der Waals surface area contributed by atoms with Crippen molar-refractivity contribution in [1.82, 2.24) is 0 Å². The van der Waals surface area contributed by atoms with Crippen LogP contribution >= 0.6 is 31.9 Å². The maximum Gasteiger partial charge on any atom is 0.165 e. The van der Waals surface area contributed by atoms with Gasteiger partial charge in [-0.05, 0) is 42.8 Å². The topological polar surface area (TPSA) is 9.23 Å². The van der Waals surface area contributed by atoms with Crippen LogP contribution in [0.3, 0.4) is 0 Å². The van der Waals surface area contributed by atoms with Crippen molar-refractivity contribution in [1.29, 1.82) is 0 Å². The van der Waals surface area contributed by atoms with Crippen LogP contribution in [-0.2, 0) is 5.33 Å². The molecule has 0 radical (unpaired) electrons. The summed E-state index contributed by atoms with van der Waals surface area (Å²) in [6.07, 6.45) is 0. The highest BCUT2D eigenvalue weighted by Crippen LogP contribution is 2.31. The molecule has 94 valence electrons. The molecule has 0 unspecified atom stereocenters. The first kappa shape index (κ1) is 13.6. The summed E-state index contributed by atoms with van der Waals surface area (Å²) >= 11 is 6.79. The highest BCUT2D eigenvalue weighted by Gasteiger charge is 2.08. The van der Waals surface area contributed by atoms with Crippen LogP contribution in [0.1, 0.15) is 11.1 Å². The molecule has 0 amide bonds. The molecule has 0 aliphatic carbocycles. The molecule has 4 heteroatoms. The molecular formula is C14H11Br2FO. The standard InChI is InChI=1S/C14H11Br2FO/c1-9-2-4-12(17)14(6-9)18-13-5-3-11(16)7-10(13)8-15/h2-7H,8H2,1H3. The van der Waals surface area contributed by atoms with E-state index in [1.807, 2.05) is 25.1 Å². The van der Waals surface area contributed by atoms with Crippen molar-refractivity contribution in [2.24, 2.45) is 0 Å². The third-order valence-electron chi connectivity index (χ3n) is 2.47. The molecule has 0 fully saturated rings. The lowest BCUT2D eigenvalue weighted by molar-refractivity contribution is 0.439. The van der Waals surface area contributed by atoms with E-state index < -0.39 is 0 Å². The molecule has 0 aliphatic heterocycles. The van der Waals surface area contributed by atoms with Gasteiger partial charge in [-0.1, -0.05) is 37.9 Å². The van der Waals surface area contributed by atoms with Gasteiger partial charge in [0.1, 0.15) is 5.75 Å². The molecule has 2 rings (SSSR count). The zero-order valence-corrected chi connectivity index (χ0v) is 12.9. The average Bonchev–Trinajstić information content (AvgIpc) is 2.36. The predicted molar refractivity (Wildman–Crippen MR) is 78.0 cm³/mol. The van der Waals surface area contributed by atoms with Gasteiger partial charge in [0.2, 0.25) is 0 Å². The summed E-state index contributed by atoms with van der Waals surface area (Å²) in [4.78, 5) is 0. The highest BCUT2D eigenvalue weighted by atomic mass is 79.9. The Bertz CT molecular complexity index is 570. The summed E-state index contributed by atoms with van der Waals surface area (Å²) in [7, 11) is 0. The van der Waals surface area contributed by atoms with Crippen molar-refractivity contribution in [2.75, 3.05) is 0 Å². The summed E-state index contributed by atoms with van der Waals surface area (Å²) in [5.74, 6) is 0.545. The molecule has 1 nitrogen and oxygen atoms in total. The van der Waals surface area contributed by atoms with E-state index in [-0.39, 0.29) is 11.6 Å². The lowest BCUT2D eigenvalue weighted by Crippen LogP contribution is -1.92. The zero-order valence-electron chi connectivity index (χ0n) is 9.71. The summed E-state index contributed by atoms with van der Waals surface area (Å²) in [5, 5.41) is 0.648. The van der Waals surface area contributed by atoms with E-state index in [2.05, 4.69) is 31.9 Å². The number of hydrogen-bond donors (Lipinski definition) is 0. The Balaban J connectivity index is 2.36. The van der Waals surface area contributed by atoms with E-state index in [0.717, 1.165) is 15.6 Å². The normalized spacial score (nSPS) is 10.4. The number of rotatable bonds is 3. The minimum absolute atomic E-state index is 0.250. The average molecular weight is 374 g/mol. The molecule has 2 aromatic carbocycles. The van der Waals surface area contributed by atoms with Crippen molar-refractivity contribution in [3.8, 4) is 11.5 Å². The largest absolute Gasteiger partial charge is 0.454 e. The number of hydrogen-bond acceptors (Lipinski definition) is 1. The Labute approximate surface area is 122 Å². The van der Waals surface area contributed by atoms with E-state index in [1.54, 1.807) is 12.1 Å². The molecule has 0 bridgehead atoms. The minimum Gasteiger partial charge on any atom is -0.454 e. The third-order valence-corrected chi connectivity index (χ3v) is 3.57. The van der Waals surface area contributed by atoms with Gasteiger partial charge < -0.3 is 4.74 Å². The lowest BCUT2D eigenvalue weighted by Gasteiger charge is -2.11. The molecule has 0 saturated heterocycles. The van der Waals surface area contributed by atoms with Gasteiger partial charge in [0.05, 0.1) is 0 Å². The SMILES string of the molecule is Cc1ccc(F)c(Oc2ccc(Br)cc2CBr)c1. The third kappa shape index (κ3) is 3.12. The number of halogens is 3. The fourth-order valence-corrected chi connectivity index (χ4v) is 2.41. The Hall–Kier alpha value is -0.870. The molecular weight excluding hydrogens is 363 g/mol. The van der Waals surface area contributed by atoms with Crippen LogP contribution in [0, 0.1) is 12.7 Å². The van der Waals surface area contributed by atoms with Crippen molar-refractivity contribution in [3.63, 3.8) is 0 Å². The van der Waals surface area contributed by atoms with Crippen LogP contribution in [0.25, 0.3) is 0 Å². The molecule has 0 aliphatic rings. The molecule has 2 aromatic rings. The second kappa shape index (κ2) is 5.85. The summed E-state index contributed by atoms with van der Waals surface area (Å²) in [5.41, 5.74) is 1.93. The first-order chi connectivity index (χ1) is 8.60. The second-order valence-corrected chi connectivity index (χ2v) is 5.40. The molecule has 0 aromatic heterocycles. The Kier molecular flexibility index (Phi) is 4.40. The van der Waals surface area contributed by atoms with E-state index in [4.69, 9.17) is 4.74 Å². The summed E-state index contributed by atoms with van der Waals surface area (Å²) < 4.78 is 20.2. The Morgan fingerprint density at radius 1 is 1.11 bits per heavy atom. The monoisotopic (exact) mass is 372 g/mol.